The van der Waals surface area contributed by atoms with E-state index in [1.54, 1.807) is 48.5 Å². The Morgan fingerprint density at radius 1 is 0.971 bits per heavy atom. The number of anilines is 2. The molecule has 2 aromatic carbocycles. The number of methoxy groups -OCH3 is 1. The van der Waals surface area contributed by atoms with Gasteiger partial charge in [-0.15, -0.1) is 11.3 Å². The zero-order valence-corrected chi connectivity index (χ0v) is 19.7. The van der Waals surface area contributed by atoms with Crippen LogP contribution in [0.15, 0.2) is 64.5 Å². The summed E-state index contributed by atoms with van der Waals surface area (Å²) in [5, 5.41) is 11.4. The number of thiophene rings is 1. The van der Waals surface area contributed by atoms with Crippen LogP contribution < -0.4 is 20.1 Å². The minimum atomic E-state index is -0.300. The summed E-state index contributed by atoms with van der Waals surface area (Å²) < 4.78 is 16.4. The smallest absolute Gasteiger partial charge is 0.265 e. The molecule has 8 nitrogen and oxygen atoms in total. The van der Waals surface area contributed by atoms with Gasteiger partial charge in [0.2, 0.25) is 0 Å². The van der Waals surface area contributed by atoms with Crippen LogP contribution in [-0.2, 0) is 6.61 Å². The van der Waals surface area contributed by atoms with Crippen molar-refractivity contribution in [1.29, 1.82) is 0 Å². The number of hydrogen-bond donors (Lipinski definition) is 2. The highest BCUT2D eigenvalue weighted by atomic mass is 32.1. The lowest BCUT2D eigenvalue weighted by Gasteiger charge is -2.12. The Morgan fingerprint density at radius 3 is 2.26 bits per heavy atom. The Labute approximate surface area is 200 Å². The standard InChI is InChI=1S/C25H23N3O5S/c1-15-20(16(2)33-28-15)14-32-21-11-6-17(13-22(21)31-3)24(29)26-18-7-9-19(10-8-18)27-25(30)23-5-4-12-34-23/h4-13H,14H2,1-3H3,(H,26,29)(H,27,30). The minimum Gasteiger partial charge on any atom is -0.493 e. The van der Waals surface area contributed by atoms with E-state index in [0.717, 1.165) is 11.3 Å². The summed E-state index contributed by atoms with van der Waals surface area (Å²) >= 11 is 1.37. The van der Waals surface area contributed by atoms with Crippen LogP contribution in [0.4, 0.5) is 11.4 Å². The maximum absolute atomic E-state index is 12.7. The molecular formula is C25H23N3O5S. The van der Waals surface area contributed by atoms with Crippen LogP contribution in [0.5, 0.6) is 11.5 Å². The Morgan fingerprint density at radius 2 is 1.68 bits per heavy atom. The van der Waals surface area contributed by atoms with Gasteiger partial charge in [-0.25, -0.2) is 0 Å². The van der Waals surface area contributed by atoms with Crippen molar-refractivity contribution in [1.82, 2.24) is 5.16 Å². The largest absolute Gasteiger partial charge is 0.493 e. The van der Waals surface area contributed by atoms with Gasteiger partial charge in [-0.1, -0.05) is 11.2 Å². The molecule has 0 aliphatic heterocycles. The Kier molecular flexibility index (Phi) is 6.93. The molecule has 0 unspecified atom stereocenters. The maximum atomic E-state index is 12.7. The number of nitrogens with zero attached hydrogens (tertiary/aromatic N) is 1. The van der Waals surface area contributed by atoms with Crippen LogP contribution in [0.1, 0.15) is 37.0 Å². The molecule has 2 amide bonds. The van der Waals surface area contributed by atoms with Crippen LogP contribution in [0, 0.1) is 13.8 Å². The molecular weight excluding hydrogens is 454 g/mol. The summed E-state index contributed by atoms with van der Waals surface area (Å²) in [6.07, 6.45) is 0. The lowest BCUT2D eigenvalue weighted by molar-refractivity contribution is 0.101. The van der Waals surface area contributed by atoms with Crippen LogP contribution in [-0.4, -0.2) is 24.1 Å². The van der Waals surface area contributed by atoms with E-state index >= 15 is 0 Å². The van der Waals surface area contributed by atoms with Crippen molar-refractivity contribution in [2.45, 2.75) is 20.5 Å². The summed E-state index contributed by atoms with van der Waals surface area (Å²) in [5.41, 5.74) is 3.29. The summed E-state index contributed by atoms with van der Waals surface area (Å²) in [5.74, 6) is 1.17. The molecule has 2 heterocycles. The van der Waals surface area contributed by atoms with Crippen LogP contribution >= 0.6 is 11.3 Å². The second kappa shape index (κ2) is 10.2. The topological polar surface area (TPSA) is 103 Å². The predicted molar refractivity (Wildman–Crippen MR) is 130 cm³/mol. The third-order valence-corrected chi connectivity index (χ3v) is 5.99. The molecule has 9 heteroatoms. The van der Waals surface area contributed by atoms with Gasteiger partial charge in [0, 0.05) is 16.9 Å². The molecule has 0 radical (unpaired) electrons. The minimum absolute atomic E-state index is 0.171. The molecule has 0 bridgehead atoms. The van der Waals surface area contributed by atoms with Gasteiger partial charge in [-0.05, 0) is 67.8 Å². The quantitative estimate of drug-likeness (QED) is 0.350. The number of benzene rings is 2. The highest BCUT2D eigenvalue weighted by Crippen LogP contribution is 2.30. The Bertz CT molecular complexity index is 1280. The molecule has 34 heavy (non-hydrogen) atoms. The highest BCUT2D eigenvalue weighted by Gasteiger charge is 2.15. The van der Waals surface area contributed by atoms with Gasteiger partial charge in [0.1, 0.15) is 12.4 Å². The third-order valence-electron chi connectivity index (χ3n) is 5.12. The average molecular weight is 478 g/mol. The number of rotatable bonds is 8. The molecule has 4 aromatic rings. The molecule has 0 saturated heterocycles. The van der Waals surface area contributed by atoms with E-state index in [1.165, 1.54) is 18.4 Å². The summed E-state index contributed by atoms with van der Waals surface area (Å²) in [6.45, 7) is 3.95. The zero-order chi connectivity index (χ0) is 24.1. The molecule has 2 aromatic heterocycles. The summed E-state index contributed by atoms with van der Waals surface area (Å²) in [4.78, 5) is 25.5. The SMILES string of the molecule is COc1cc(C(=O)Nc2ccc(NC(=O)c3cccs3)cc2)ccc1OCc1c(C)noc1C. The van der Waals surface area contributed by atoms with Gasteiger partial charge in [0.15, 0.2) is 11.5 Å². The first kappa shape index (κ1) is 23.1. The van der Waals surface area contributed by atoms with E-state index in [1.807, 2.05) is 25.3 Å². The molecule has 0 saturated carbocycles. The fourth-order valence-corrected chi connectivity index (χ4v) is 3.85. The van der Waals surface area contributed by atoms with Gasteiger partial charge in [0.25, 0.3) is 11.8 Å². The molecule has 2 N–H and O–H groups in total. The Balaban J connectivity index is 1.39. The lowest BCUT2D eigenvalue weighted by Crippen LogP contribution is -2.13. The number of nitrogens with one attached hydrogen (secondary N) is 2. The van der Waals surface area contributed by atoms with E-state index in [9.17, 15) is 9.59 Å². The molecule has 0 spiro atoms. The van der Waals surface area contributed by atoms with Crippen molar-refractivity contribution in [3.05, 3.63) is 87.4 Å². The number of hydrogen-bond acceptors (Lipinski definition) is 7. The molecule has 4 rings (SSSR count). The van der Waals surface area contributed by atoms with Crippen molar-refractivity contribution >= 4 is 34.5 Å². The van der Waals surface area contributed by atoms with E-state index in [0.29, 0.717) is 39.1 Å². The molecule has 0 aliphatic carbocycles. The average Bonchev–Trinajstić information content (AvgIpc) is 3.49. The van der Waals surface area contributed by atoms with E-state index < -0.39 is 0 Å². The van der Waals surface area contributed by atoms with Crippen molar-refractivity contribution in [3.8, 4) is 11.5 Å². The summed E-state index contributed by atoms with van der Waals surface area (Å²) in [6, 6.07) is 15.5. The van der Waals surface area contributed by atoms with Gasteiger partial charge in [0.05, 0.1) is 23.2 Å². The second-order valence-electron chi connectivity index (χ2n) is 7.42. The van der Waals surface area contributed by atoms with E-state index in [-0.39, 0.29) is 18.4 Å². The fraction of sp³-hybridized carbons (Fsp3) is 0.160. The highest BCUT2D eigenvalue weighted by molar-refractivity contribution is 7.12. The first-order valence-corrected chi connectivity index (χ1v) is 11.3. The first-order valence-electron chi connectivity index (χ1n) is 10.4. The van der Waals surface area contributed by atoms with Crippen LogP contribution in [0.2, 0.25) is 0 Å². The fourth-order valence-electron chi connectivity index (χ4n) is 3.23. The number of ether oxygens (including phenoxy) is 2. The van der Waals surface area contributed by atoms with E-state index in [4.69, 9.17) is 14.0 Å². The van der Waals surface area contributed by atoms with Crippen molar-refractivity contribution in [3.63, 3.8) is 0 Å². The Hall–Kier alpha value is -4.11. The van der Waals surface area contributed by atoms with Gasteiger partial charge < -0.3 is 24.6 Å². The van der Waals surface area contributed by atoms with E-state index in [2.05, 4.69) is 15.8 Å². The van der Waals surface area contributed by atoms with Gasteiger partial charge in [-0.3, -0.25) is 9.59 Å². The first-order chi connectivity index (χ1) is 16.4. The molecule has 0 aliphatic rings. The van der Waals surface area contributed by atoms with Crippen molar-refractivity contribution in [2.24, 2.45) is 0 Å². The van der Waals surface area contributed by atoms with Crippen LogP contribution in [0.25, 0.3) is 0 Å². The molecule has 0 fully saturated rings. The predicted octanol–water partition coefficient (Wildman–Crippen LogP) is 5.45. The summed E-state index contributed by atoms with van der Waals surface area (Å²) in [7, 11) is 1.52. The van der Waals surface area contributed by atoms with Gasteiger partial charge >= 0.3 is 0 Å². The second-order valence-corrected chi connectivity index (χ2v) is 8.37. The number of aromatic nitrogens is 1. The number of carbonyl (C=O) groups excluding carboxylic acids is 2. The van der Waals surface area contributed by atoms with Crippen LogP contribution in [0.3, 0.4) is 0 Å². The normalized spacial score (nSPS) is 10.6. The molecule has 0 atom stereocenters. The third kappa shape index (κ3) is 5.26. The number of aryl methyl sites for hydroxylation is 2. The van der Waals surface area contributed by atoms with Crippen molar-refractivity contribution in [2.75, 3.05) is 17.7 Å². The van der Waals surface area contributed by atoms with Crippen molar-refractivity contribution < 1.29 is 23.6 Å². The zero-order valence-electron chi connectivity index (χ0n) is 18.9. The maximum Gasteiger partial charge on any atom is 0.265 e. The lowest BCUT2D eigenvalue weighted by atomic mass is 10.1. The monoisotopic (exact) mass is 477 g/mol. The number of carbonyl (C=O) groups is 2. The van der Waals surface area contributed by atoms with Gasteiger partial charge in [-0.2, -0.15) is 0 Å². The number of amides is 2. The molecule has 174 valence electrons.